The second-order valence-electron chi connectivity index (χ2n) is 4.17. The number of hydrogen-bond donors (Lipinski definition) is 1. The topological polar surface area (TPSA) is 21.3 Å². The third kappa shape index (κ3) is 3.95. The van der Waals surface area contributed by atoms with E-state index >= 15 is 0 Å². The van der Waals surface area contributed by atoms with E-state index in [1.54, 1.807) is 12.1 Å². The Hall–Kier alpha value is -1.09. The zero-order valence-corrected chi connectivity index (χ0v) is 13.2. The van der Waals surface area contributed by atoms with Crippen LogP contribution in [-0.4, -0.2) is 6.61 Å². The number of halogens is 3. The van der Waals surface area contributed by atoms with Gasteiger partial charge in [0.2, 0.25) is 0 Å². The van der Waals surface area contributed by atoms with Crippen LogP contribution in [0.15, 0.2) is 36.4 Å². The standard InChI is InChI=1S/C15H14Cl3NO/c1-2-20-15-6-3-11(16)7-10(15)9-19-12-4-5-13(17)14(18)8-12/h3-8,19H,2,9H2,1H3. The molecule has 0 atom stereocenters. The first-order chi connectivity index (χ1) is 9.60. The van der Waals surface area contributed by atoms with E-state index in [1.807, 2.05) is 31.2 Å². The summed E-state index contributed by atoms with van der Waals surface area (Å²) in [5, 5.41) is 5.01. The summed E-state index contributed by atoms with van der Waals surface area (Å²) in [6, 6.07) is 11.0. The van der Waals surface area contributed by atoms with Crippen molar-refractivity contribution >= 4 is 40.5 Å². The summed E-state index contributed by atoms with van der Waals surface area (Å²) in [5.41, 5.74) is 1.88. The Balaban J connectivity index is 2.13. The number of anilines is 1. The molecule has 0 aliphatic heterocycles. The normalized spacial score (nSPS) is 10.4. The molecule has 0 aromatic heterocycles. The number of ether oxygens (including phenoxy) is 1. The monoisotopic (exact) mass is 329 g/mol. The molecular weight excluding hydrogens is 317 g/mol. The summed E-state index contributed by atoms with van der Waals surface area (Å²) in [4.78, 5) is 0. The molecule has 0 heterocycles. The van der Waals surface area contributed by atoms with Gasteiger partial charge in [-0.2, -0.15) is 0 Å². The van der Waals surface area contributed by atoms with Gasteiger partial charge in [0, 0.05) is 22.8 Å². The van der Waals surface area contributed by atoms with Gasteiger partial charge in [0.1, 0.15) is 5.75 Å². The molecule has 0 aliphatic rings. The van der Waals surface area contributed by atoms with Crippen LogP contribution in [0.25, 0.3) is 0 Å². The molecule has 0 radical (unpaired) electrons. The molecule has 20 heavy (non-hydrogen) atoms. The van der Waals surface area contributed by atoms with Crippen molar-refractivity contribution in [3.8, 4) is 5.75 Å². The van der Waals surface area contributed by atoms with Gasteiger partial charge in [0.25, 0.3) is 0 Å². The van der Waals surface area contributed by atoms with E-state index in [2.05, 4.69) is 5.32 Å². The molecule has 0 spiro atoms. The maximum atomic E-state index is 6.02. The van der Waals surface area contributed by atoms with E-state index in [0.29, 0.717) is 28.2 Å². The molecule has 5 heteroatoms. The number of benzene rings is 2. The van der Waals surface area contributed by atoms with Crippen molar-refractivity contribution < 1.29 is 4.74 Å². The number of rotatable bonds is 5. The van der Waals surface area contributed by atoms with Crippen LogP contribution in [0.5, 0.6) is 5.75 Å². The second kappa shape index (κ2) is 7.07. The van der Waals surface area contributed by atoms with Crippen LogP contribution in [0.4, 0.5) is 5.69 Å². The lowest BCUT2D eigenvalue weighted by Crippen LogP contribution is -2.03. The van der Waals surface area contributed by atoms with Crippen LogP contribution in [0, 0.1) is 0 Å². The van der Waals surface area contributed by atoms with Gasteiger partial charge in [-0.3, -0.25) is 0 Å². The van der Waals surface area contributed by atoms with Gasteiger partial charge in [-0.25, -0.2) is 0 Å². The molecule has 2 rings (SSSR count). The Morgan fingerprint density at radius 1 is 1.00 bits per heavy atom. The summed E-state index contributed by atoms with van der Waals surface area (Å²) in [6.45, 7) is 3.15. The van der Waals surface area contributed by atoms with Crippen LogP contribution in [-0.2, 0) is 6.54 Å². The summed E-state index contributed by atoms with van der Waals surface area (Å²) in [6.07, 6.45) is 0. The molecule has 106 valence electrons. The Morgan fingerprint density at radius 2 is 1.80 bits per heavy atom. The molecule has 0 fully saturated rings. The SMILES string of the molecule is CCOc1ccc(Cl)cc1CNc1ccc(Cl)c(Cl)c1. The minimum absolute atomic E-state index is 0.521. The van der Waals surface area contributed by atoms with E-state index in [1.165, 1.54) is 0 Å². The van der Waals surface area contributed by atoms with Crippen molar-refractivity contribution in [3.05, 3.63) is 57.0 Å². The predicted octanol–water partition coefficient (Wildman–Crippen LogP) is 5.66. The number of nitrogens with one attached hydrogen (secondary N) is 1. The van der Waals surface area contributed by atoms with E-state index in [-0.39, 0.29) is 0 Å². The lowest BCUT2D eigenvalue weighted by Gasteiger charge is -2.12. The summed E-state index contributed by atoms with van der Waals surface area (Å²) in [7, 11) is 0. The first-order valence-electron chi connectivity index (χ1n) is 6.20. The van der Waals surface area contributed by atoms with Crippen LogP contribution in [0.1, 0.15) is 12.5 Å². The quantitative estimate of drug-likeness (QED) is 0.764. The van der Waals surface area contributed by atoms with Crippen molar-refractivity contribution in [1.29, 1.82) is 0 Å². The largest absolute Gasteiger partial charge is 0.494 e. The van der Waals surface area contributed by atoms with Gasteiger partial charge in [0.05, 0.1) is 16.7 Å². The van der Waals surface area contributed by atoms with Gasteiger partial charge in [-0.15, -0.1) is 0 Å². The summed E-state index contributed by atoms with van der Waals surface area (Å²) >= 11 is 17.9. The minimum Gasteiger partial charge on any atom is -0.494 e. The third-order valence-corrected chi connectivity index (χ3v) is 3.70. The molecule has 0 aliphatic carbocycles. The molecule has 0 amide bonds. The highest BCUT2D eigenvalue weighted by molar-refractivity contribution is 6.42. The van der Waals surface area contributed by atoms with Crippen LogP contribution in [0.3, 0.4) is 0 Å². The van der Waals surface area contributed by atoms with E-state index in [9.17, 15) is 0 Å². The smallest absolute Gasteiger partial charge is 0.124 e. The molecule has 2 aromatic carbocycles. The minimum atomic E-state index is 0.521. The van der Waals surface area contributed by atoms with Crippen LogP contribution >= 0.6 is 34.8 Å². The predicted molar refractivity (Wildman–Crippen MR) is 86.4 cm³/mol. The lowest BCUT2D eigenvalue weighted by atomic mass is 10.2. The summed E-state index contributed by atoms with van der Waals surface area (Å²) in [5.74, 6) is 0.824. The Morgan fingerprint density at radius 3 is 2.50 bits per heavy atom. The van der Waals surface area contributed by atoms with E-state index < -0.39 is 0 Å². The molecule has 0 bridgehead atoms. The van der Waals surface area contributed by atoms with Gasteiger partial charge >= 0.3 is 0 Å². The molecule has 2 aromatic rings. The van der Waals surface area contributed by atoms with Gasteiger partial charge in [0.15, 0.2) is 0 Å². The molecule has 0 saturated heterocycles. The van der Waals surface area contributed by atoms with Crippen molar-refractivity contribution in [2.24, 2.45) is 0 Å². The maximum absolute atomic E-state index is 6.02. The Bertz CT molecular complexity index is 602. The summed E-state index contributed by atoms with van der Waals surface area (Å²) < 4.78 is 5.58. The van der Waals surface area contributed by atoms with Gasteiger partial charge < -0.3 is 10.1 Å². The fourth-order valence-electron chi connectivity index (χ4n) is 1.79. The van der Waals surface area contributed by atoms with Crippen molar-refractivity contribution in [2.75, 3.05) is 11.9 Å². The first-order valence-corrected chi connectivity index (χ1v) is 7.33. The van der Waals surface area contributed by atoms with Crippen molar-refractivity contribution in [1.82, 2.24) is 0 Å². The van der Waals surface area contributed by atoms with Crippen LogP contribution in [0.2, 0.25) is 15.1 Å². The zero-order chi connectivity index (χ0) is 14.5. The maximum Gasteiger partial charge on any atom is 0.124 e. The Labute approximate surface area is 133 Å². The average Bonchev–Trinajstić information content (AvgIpc) is 2.43. The highest BCUT2D eigenvalue weighted by Crippen LogP contribution is 2.27. The highest BCUT2D eigenvalue weighted by atomic mass is 35.5. The van der Waals surface area contributed by atoms with Crippen LogP contribution < -0.4 is 10.1 Å². The molecule has 0 saturated carbocycles. The second-order valence-corrected chi connectivity index (χ2v) is 5.42. The van der Waals surface area contributed by atoms with E-state index in [0.717, 1.165) is 17.0 Å². The molecule has 1 N–H and O–H groups in total. The highest BCUT2D eigenvalue weighted by Gasteiger charge is 2.05. The van der Waals surface area contributed by atoms with E-state index in [4.69, 9.17) is 39.5 Å². The zero-order valence-electron chi connectivity index (χ0n) is 10.9. The Kier molecular flexibility index (Phi) is 5.41. The molecule has 0 unspecified atom stereocenters. The average molecular weight is 331 g/mol. The van der Waals surface area contributed by atoms with Gasteiger partial charge in [-0.1, -0.05) is 34.8 Å². The lowest BCUT2D eigenvalue weighted by molar-refractivity contribution is 0.337. The third-order valence-electron chi connectivity index (χ3n) is 2.72. The van der Waals surface area contributed by atoms with Crippen molar-refractivity contribution in [3.63, 3.8) is 0 Å². The molecular formula is C15H14Cl3NO. The van der Waals surface area contributed by atoms with Gasteiger partial charge in [-0.05, 0) is 43.3 Å². The fourth-order valence-corrected chi connectivity index (χ4v) is 2.28. The first kappa shape index (κ1) is 15.3. The molecule has 2 nitrogen and oxygen atoms in total. The number of hydrogen-bond acceptors (Lipinski definition) is 2. The fraction of sp³-hybridized carbons (Fsp3) is 0.200. The van der Waals surface area contributed by atoms with Crippen molar-refractivity contribution in [2.45, 2.75) is 13.5 Å².